The Morgan fingerprint density at radius 1 is 1.17 bits per heavy atom. The maximum Gasteiger partial charge on any atom is 0.226 e. The van der Waals surface area contributed by atoms with Gasteiger partial charge in [0.1, 0.15) is 5.69 Å². The molecule has 0 radical (unpaired) electrons. The van der Waals surface area contributed by atoms with Crippen LogP contribution in [0.3, 0.4) is 0 Å². The number of imidazole rings is 1. The summed E-state index contributed by atoms with van der Waals surface area (Å²) in [6.07, 6.45) is 4.84. The van der Waals surface area contributed by atoms with Crippen molar-refractivity contribution in [3.63, 3.8) is 0 Å². The first-order valence-electron chi connectivity index (χ1n) is 11.3. The van der Waals surface area contributed by atoms with E-state index in [0.29, 0.717) is 17.2 Å². The van der Waals surface area contributed by atoms with Crippen molar-refractivity contribution in [2.24, 2.45) is 5.92 Å². The van der Waals surface area contributed by atoms with E-state index >= 15 is 0 Å². The summed E-state index contributed by atoms with van der Waals surface area (Å²) in [6, 6.07) is 9.96. The number of nitrogens with zero attached hydrogens (tertiary/aromatic N) is 3. The summed E-state index contributed by atoms with van der Waals surface area (Å²) in [5.74, 6) is 0.282. The normalized spacial score (nSPS) is 12.2. The number of fused-ring (bicyclic) bond motifs is 1. The molecule has 0 saturated carbocycles. The van der Waals surface area contributed by atoms with Crippen LogP contribution in [0.4, 0.5) is 5.69 Å². The van der Waals surface area contributed by atoms with E-state index in [1.165, 1.54) is 6.21 Å². The van der Waals surface area contributed by atoms with Crippen molar-refractivity contribution < 1.29 is 4.79 Å². The minimum Gasteiger partial charge on any atom is -0.340 e. The number of aromatic amines is 2. The fraction of sp³-hybridized carbons (Fsp3) is 0.192. The number of H-pyrrole nitrogens is 2. The monoisotopic (exact) mass is 483 g/mol. The van der Waals surface area contributed by atoms with Gasteiger partial charge in [-0.05, 0) is 53.1 Å². The molecule has 4 N–H and O–H groups in total. The highest BCUT2D eigenvalue weighted by molar-refractivity contribution is 7.08. The molecule has 1 amide bonds. The molecule has 1 unspecified atom stereocenters. The summed E-state index contributed by atoms with van der Waals surface area (Å²) in [5.41, 5.74) is 6.87. The second-order valence-corrected chi connectivity index (χ2v) is 9.52. The van der Waals surface area contributed by atoms with Gasteiger partial charge in [0.25, 0.3) is 0 Å². The molecule has 0 aliphatic heterocycles. The highest BCUT2D eigenvalue weighted by Gasteiger charge is 2.21. The van der Waals surface area contributed by atoms with Gasteiger partial charge in [-0.2, -0.15) is 16.4 Å². The molecular formula is C26H25N7OS. The molecule has 0 aliphatic carbocycles. The van der Waals surface area contributed by atoms with Crippen molar-refractivity contribution in [2.45, 2.75) is 26.7 Å². The van der Waals surface area contributed by atoms with E-state index in [2.05, 4.69) is 25.5 Å². The first-order valence-corrected chi connectivity index (χ1v) is 12.2. The van der Waals surface area contributed by atoms with Crippen LogP contribution in [0.15, 0.2) is 53.5 Å². The van der Waals surface area contributed by atoms with E-state index in [9.17, 15) is 4.79 Å². The number of hydrogen-bond acceptors (Lipinski definition) is 6. The molecule has 9 heteroatoms. The summed E-state index contributed by atoms with van der Waals surface area (Å²) >= 11 is 1.61. The van der Waals surface area contributed by atoms with Gasteiger partial charge in [-0.15, -0.1) is 0 Å². The first kappa shape index (κ1) is 22.7. The number of carbonyl (C=O) groups excluding carboxylic acids is 1. The number of benzene rings is 1. The number of rotatable bonds is 7. The van der Waals surface area contributed by atoms with Gasteiger partial charge in [0, 0.05) is 35.0 Å². The number of thiophene rings is 1. The maximum atomic E-state index is 12.1. The van der Waals surface area contributed by atoms with Crippen LogP contribution in [0.25, 0.3) is 33.5 Å². The van der Waals surface area contributed by atoms with Crippen molar-refractivity contribution in [1.82, 2.24) is 25.1 Å². The lowest BCUT2D eigenvalue weighted by Gasteiger charge is -2.09. The molecule has 4 aromatic heterocycles. The second-order valence-electron chi connectivity index (χ2n) is 8.74. The van der Waals surface area contributed by atoms with Crippen molar-refractivity contribution in [2.75, 3.05) is 5.32 Å². The molecule has 0 saturated heterocycles. The van der Waals surface area contributed by atoms with Crippen LogP contribution in [0.5, 0.6) is 0 Å². The lowest BCUT2D eigenvalue weighted by molar-refractivity contribution is -0.118. The van der Waals surface area contributed by atoms with E-state index in [-0.39, 0.29) is 17.7 Å². The van der Waals surface area contributed by atoms with Crippen molar-refractivity contribution in [3.8, 4) is 22.6 Å². The third-order valence-electron chi connectivity index (χ3n) is 5.94. The minimum atomic E-state index is -0.207. The highest BCUT2D eigenvalue weighted by Crippen LogP contribution is 2.32. The Hall–Kier alpha value is -4.11. The van der Waals surface area contributed by atoms with Crippen LogP contribution >= 0.6 is 11.3 Å². The molecular weight excluding hydrogens is 458 g/mol. The quantitative estimate of drug-likeness (QED) is 0.220. The Bertz CT molecular complexity index is 1510. The van der Waals surface area contributed by atoms with Gasteiger partial charge in [-0.25, -0.2) is 4.98 Å². The molecule has 0 spiro atoms. The van der Waals surface area contributed by atoms with E-state index in [1.807, 2.05) is 61.9 Å². The predicted octanol–water partition coefficient (Wildman–Crippen LogP) is 5.76. The Kier molecular flexibility index (Phi) is 6.00. The predicted molar refractivity (Wildman–Crippen MR) is 140 cm³/mol. The van der Waals surface area contributed by atoms with Gasteiger partial charge >= 0.3 is 0 Å². The Balaban J connectivity index is 1.52. The summed E-state index contributed by atoms with van der Waals surface area (Å²) in [6.45, 7) is 5.68. The van der Waals surface area contributed by atoms with Gasteiger partial charge in [0.2, 0.25) is 5.91 Å². The van der Waals surface area contributed by atoms with Gasteiger partial charge in [0.05, 0.1) is 29.0 Å². The molecule has 1 atom stereocenters. The minimum absolute atomic E-state index is 0.0498. The van der Waals surface area contributed by atoms with Crippen LogP contribution in [0.2, 0.25) is 0 Å². The summed E-state index contributed by atoms with van der Waals surface area (Å²) in [4.78, 5) is 24.6. The Morgan fingerprint density at radius 3 is 2.77 bits per heavy atom. The molecule has 0 bridgehead atoms. The number of hydrogen-bond donors (Lipinski definition) is 4. The van der Waals surface area contributed by atoms with Crippen LogP contribution in [0.1, 0.15) is 36.7 Å². The zero-order chi connectivity index (χ0) is 24.5. The third kappa shape index (κ3) is 4.38. The molecule has 35 heavy (non-hydrogen) atoms. The number of anilines is 1. The fourth-order valence-corrected chi connectivity index (χ4v) is 4.70. The summed E-state index contributed by atoms with van der Waals surface area (Å²) in [7, 11) is 0. The summed E-state index contributed by atoms with van der Waals surface area (Å²) in [5, 5.41) is 23.5. The molecule has 0 aliphatic rings. The Morgan fingerprint density at radius 2 is 2.03 bits per heavy atom. The molecule has 8 nitrogen and oxygen atoms in total. The number of pyridine rings is 1. The lowest BCUT2D eigenvalue weighted by atomic mass is 9.99. The van der Waals surface area contributed by atoms with E-state index in [0.717, 1.165) is 39.0 Å². The maximum absolute atomic E-state index is 12.1. The molecule has 176 valence electrons. The number of aromatic nitrogens is 5. The van der Waals surface area contributed by atoms with Gasteiger partial charge in [0.15, 0.2) is 5.82 Å². The molecule has 1 aromatic carbocycles. The van der Waals surface area contributed by atoms with Crippen molar-refractivity contribution in [3.05, 3.63) is 70.4 Å². The van der Waals surface area contributed by atoms with Gasteiger partial charge < -0.3 is 15.7 Å². The number of carbonyl (C=O) groups is 1. The van der Waals surface area contributed by atoms with E-state index in [4.69, 9.17) is 10.4 Å². The van der Waals surface area contributed by atoms with Crippen LogP contribution in [0, 0.1) is 18.3 Å². The Labute approximate surface area is 206 Å². The zero-order valence-corrected chi connectivity index (χ0v) is 20.4. The summed E-state index contributed by atoms with van der Waals surface area (Å²) < 4.78 is 0. The average molecular weight is 484 g/mol. The molecule has 5 aromatic rings. The standard InChI is InChI=1S/C26H25N7OS/c1-14(2)26(34)30-19-8-18(11-28-12-19)16-4-5-22-20(9-16)24(33-32-22)25-29-15(3)23(31-25)21(10-27)17-6-7-35-13-17/h4-14,21,27H,1-3H3,(H,29,31)(H,30,34)(H,32,33). The molecule has 5 rings (SSSR count). The highest BCUT2D eigenvalue weighted by atomic mass is 32.1. The second kappa shape index (κ2) is 9.27. The number of aryl methyl sites for hydroxylation is 1. The third-order valence-corrected chi connectivity index (χ3v) is 6.64. The largest absolute Gasteiger partial charge is 0.340 e. The van der Waals surface area contributed by atoms with E-state index < -0.39 is 0 Å². The smallest absolute Gasteiger partial charge is 0.226 e. The average Bonchev–Trinajstić information content (AvgIpc) is 3.60. The van der Waals surface area contributed by atoms with Crippen LogP contribution in [-0.2, 0) is 4.79 Å². The SMILES string of the molecule is Cc1[nH]c(-c2n[nH]c3ccc(-c4cncc(NC(=O)C(C)C)c4)cc23)nc1C(C=N)c1ccsc1. The zero-order valence-electron chi connectivity index (χ0n) is 19.6. The van der Waals surface area contributed by atoms with Crippen molar-refractivity contribution >= 4 is 40.0 Å². The van der Waals surface area contributed by atoms with Crippen LogP contribution in [-0.4, -0.2) is 37.3 Å². The molecule has 0 fully saturated rings. The van der Waals surface area contributed by atoms with Gasteiger partial charge in [-0.1, -0.05) is 19.9 Å². The lowest BCUT2D eigenvalue weighted by Crippen LogP contribution is -2.17. The number of amides is 1. The van der Waals surface area contributed by atoms with Gasteiger partial charge in [-0.3, -0.25) is 14.9 Å². The number of nitrogens with one attached hydrogen (secondary N) is 4. The molecule has 4 heterocycles. The fourth-order valence-electron chi connectivity index (χ4n) is 4.00. The van der Waals surface area contributed by atoms with Crippen LogP contribution < -0.4 is 5.32 Å². The first-order chi connectivity index (χ1) is 16.9. The van der Waals surface area contributed by atoms with Crippen molar-refractivity contribution in [1.29, 1.82) is 5.41 Å². The van der Waals surface area contributed by atoms with E-state index in [1.54, 1.807) is 23.7 Å². The topological polar surface area (TPSA) is 123 Å².